The molecule has 0 saturated carbocycles. The molecule has 2 aromatic carbocycles. The first-order valence-electron chi connectivity index (χ1n) is 8.31. The second-order valence-electron chi connectivity index (χ2n) is 5.69. The minimum atomic E-state index is -3.11. The maximum Gasteiger partial charge on any atom is 0.387 e. The molecular formula is C18H16BrClF2N2O5. The minimum Gasteiger partial charge on any atom is -0.466 e. The predicted octanol–water partition coefficient (Wildman–Crippen LogP) is 5.72. The molecule has 0 unspecified atom stereocenters. The molecule has 0 aliphatic rings. The van der Waals surface area contributed by atoms with Gasteiger partial charge in [0.1, 0.15) is 11.4 Å². The Balaban J connectivity index is 2.52. The number of nitro groups is 1. The van der Waals surface area contributed by atoms with Crippen LogP contribution in [-0.2, 0) is 9.53 Å². The van der Waals surface area contributed by atoms with Crippen molar-refractivity contribution < 1.29 is 28.0 Å². The number of hydrogen-bond acceptors (Lipinski definition) is 6. The van der Waals surface area contributed by atoms with Crippen LogP contribution in [0.1, 0.15) is 24.9 Å². The van der Waals surface area contributed by atoms with Crippen LogP contribution >= 0.6 is 27.5 Å². The molecule has 0 aliphatic heterocycles. The Kier molecular flexibility index (Phi) is 8.15. The van der Waals surface area contributed by atoms with Crippen molar-refractivity contribution in [1.29, 1.82) is 0 Å². The van der Waals surface area contributed by atoms with Crippen LogP contribution in [0.15, 0.2) is 40.9 Å². The van der Waals surface area contributed by atoms with Gasteiger partial charge in [-0.05, 0) is 37.3 Å². The second kappa shape index (κ2) is 10.4. The van der Waals surface area contributed by atoms with Crippen molar-refractivity contribution in [3.05, 3.63) is 61.6 Å². The van der Waals surface area contributed by atoms with E-state index in [0.717, 1.165) is 0 Å². The summed E-state index contributed by atoms with van der Waals surface area (Å²) in [4.78, 5) is 22.8. The molecule has 0 spiro atoms. The highest BCUT2D eigenvalue weighted by molar-refractivity contribution is 9.10. The fraction of sp³-hybridized carbons (Fsp3) is 0.278. The SMILES string of the molecule is CCOC(=O)C[C@@H](Nc1cc(Br)ccc1[N+](=O)[O-])c1cc(Cl)ccc1OC(F)F. The molecule has 0 saturated heterocycles. The number of ether oxygens (including phenoxy) is 2. The van der Waals surface area contributed by atoms with Gasteiger partial charge in [0.2, 0.25) is 0 Å². The molecule has 0 heterocycles. The summed E-state index contributed by atoms with van der Waals surface area (Å²) in [5.41, 5.74) is -0.0674. The Morgan fingerprint density at radius 1 is 1.31 bits per heavy atom. The summed E-state index contributed by atoms with van der Waals surface area (Å²) in [6.07, 6.45) is -0.308. The van der Waals surface area contributed by atoms with Crippen molar-refractivity contribution in [3.63, 3.8) is 0 Å². The van der Waals surface area contributed by atoms with Crippen molar-refractivity contribution in [2.24, 2.45) is 0 Å². The third kappa shape index (κ3) is 6.53. The highest BCUT2D eigenvalue weighted by atomic mass is 79.9. The van der Waals surface area contributed by atoms with Crippen LogP contribution in [0.25, 0.3) is 0 Å². The van der Waals surface area contributed by atoms with E-state index in [1.54, 1.807) is 6.92 Å². The van der Waals surface area contributed by atoms with Crippen molar-refractivity contribution >= 4 is 44.9 Å². The maximum atomic E-state index is 12.8. The molecule has 11 heteroatoms. The number of carbonyl (C=O) groups excluding carboxylic acids is 1. The van der Waals surface area contributed by atoms with E-state index in [1.807, 2.05) is 0 Å². The van der Waals surface area contributed by atoms with Crippen LogP contribution in [0.2, 0.25) is 5.02 Å². The lowest BCUT2D eigenvalue weighted by atomic mass is 10.0. The second-order valence-corrected chi connectivity index (χ2v) is 7.04. The van der Waals surface area contributed by atoms with E-state index >= 15 is 0 Å². The van der Waals surface area contributed by atoms with E-state index in [4.69, 9.17) is 16.3 Å². The van der Waals surface area contributed by atoms with Gasteiger partial charge in [-0.15, -0.1) is 0 Å². The molecule has 2 rings (SSSR count). The molecule has 0 aliphatic carbocycles. The number of esters is 1. The Labute approximate surface area is 178 Å². The van der Waals surface area contributed by atoms with Gasteiger partial charge in [0.05, 0.1) is 24.0 Å². The summed E-state index contributed by atoms with van der Waals surface area (Å²) >= 11 is 9.23. The molecule has 0 fully saturated rings. The van der Waals surface area contributed by atoms with Gasteiger partial charge in [0, 0.05) is 21.1 Å². The van der Waals surface area contributed by atoms with Crippen LogP contribution in [0.5, 0.6) is 5.75 Å². The summed E-state index contributed by atoms with van der Waals surface area (Å²) in [5, 5.41) is 14.4. The lowest BCUT2D eigenvalue weighted by Crippen LogP contribution is -2.19. The first-order chi connectivity index (χ1) is 13.7. The molecule has 156 valence electrons. The number of nitro benzene ring substituents is 1. The normalized spacial score (nSPS) is 11.8. The van der Waals surface area contributed by atoms with Crippen molar-refractivity contribution in [3.8, 4) is 5.75 Å². The molecule has 1 atom stereocenters. The van der Waals surface area contributed by atoms with Crippen LogP contribution in [-0.4, -0.2) is 24.1 Å². The number of alkyl halides is 2. The van der Waals surface area contributed by atoms with E-state index in [1.165, 1.54) is 36.4 Å². The zero-order valence-electron chi connectivity index (χ0n) is 15.0. The van der Waals surface area contributed by atoms with Gasteiger partial charge in [0.25, 0.3) is 5.69 Å². The van der Waals surface area contributed by atoms with Crippen LogP contribution in [0.3, 0.4) is 0 Å². The summed E-state index contributed by atoms with van der Waals surface area (Å²) in [6.45, 7) is -1.39. The van der Waals surface area contributed by atoms with E-state index in [9.17, 15) is 23.7 Å². The van der Waals surface area contributed by atoms with E-state index < -0.39 is 23.5 Å². The average Bonchev–Trinajstić information content (AvgIpc) is 2.62. The van der Waals surface area contributed by atoms with Gasteiger partial charge in [0.15, 0.2) is 0 Å². The van der Waals surface area contributed by atoms with Gasteiger partial charge in [-0.1, -0.05) is 27.5 Å². The number of nitrogens with one attached hydrogen (secondary N) is 1. The summed E-state index contributed by atoms with van der Waals surface area (Å²) < 4.78 is 35.7. The zero-order chi connectivity index (χ0) is 21.6. The Morgan fingerprint density at radius 3 is 2.66 bits per heavy atom. The molecule has 0 aromatic heterocycles. The number of carbonyl (C=O) groups is 1. The molecule has 0 radical (unpaired) electrons. The third-order valence-corrected chi connectivity index (χ3v) is 4.45. The fourth-order valence-electron chi connectivity index (χ4n) is 2.59. The Bertz CT molecular complexity index is 901. The van der Waals surface area contributed by atoms with Crippen LogP contribution < -0.4 is 10.1 Å². The highest BCUT2D eigenvalue weighted by Crippen LogP contribution is 2.37. The molecule has 1 N–H and O–H groups in total. The number of rotatable bonds is 9. The largest absolute Gasteiger partial charge is 0.466 e. The van der Waals surface area contributed by atoms with Gasteiger partial charge in [-0.25, -0.2) is 0 Å². The standard InChI is InChI=1S/C18H16BrClF2N2O5/c1-2-28-17(25)9-13(12-8-11(20)4-6-16(12)29-18(21)22)23-14-7-10(19)3-5-15(14)24(26)27/h3-8,13,18,23H,2,9H2,1H3/t13-/m1/s1. The molecule has 29 heavy (non-hydrogen) atoms. The number of hydrogen-bond donors (Lipinski definition) is 1. The smallest absolute Gasteiger partial charge is 0.387 e. The lowest BCUT2D eigenvalue weighted by Gasteiger charge is -2.22. The van der Waals surface area contributed by atoms with Crippen molar-refractivity contribution in [2.45, 2.75) is 26.0 Å². The fourth-order valence-corrected chi connectivity index (χ4v) is 3.13. The van der Waals surface area contributed by atoms with Gasteiger partial charge < -0.3 is 14.8 Å². The van der Waals surface area contributed by atoms with Crippen molar-refractivity contribution in [2.75, 3.05) is 11.9 Å². The topological polar surface area (TPSA) is 90.7 Å². The van der Waals surface area contributed by atoms with E-state index in [2.05, 4.69) is 26.0 Å². The predicted molar refractivity (Wildman–Crippen MR) is 106 cm³/mol. The number of halogens is 4. The third-order valence-electron chi connectivity index (χ3n) is 3.72. The van der Waals surface area contributed by atoms with Gasteiger partial charge >= 0.3 is 12.6 Å². The zero-order valence-corrected chi connectivity index (χ0v) is 17.4. The molecule has 2 aromatic rings. The molecular weight excluding hydrogens is 478 g/mol. The van der Waals surface area contributed by atoms with Crippen molar-refractivity contribution in [1.82, 2.24) is 0 Å². The Morgan fingerprint density at radius 2 is 2.03 bits per heavy atom. The average molecular weight is 494 g/mol. The van der Waals surface area contributed by atoms with E-state index in [-0.39, 0.29) is 40.7 Å². The number of nitrogens with zero attached hydrogens (tertiary/aromatic N) is 1. The summed E-state index contributed by atoms with van der Waals surface area (Å²) in [6, 6.07) is 7.13. The van der Waals surface area contributed by atoms with Gasteiger partial charge in [-0.2, -0.15) is 8.78 Å². The Hall–Kier alpha value is -2.46. The molecule has 0 amide bonds. The molecule has 7 nitrogen and oxygen atoms in total. The van der Waals surface area contributed by atoms with E-state index in [0.29, 0.717) is 4.47 Å². The number of anilines is 1. The monoisotopic (exact) mass is 492 g/mol. The molecule has 0 bridgehead atoms. The summed E-state index contributed by atoms with van der Waals surface area (Å²) in [5.74, 6) is -0.852. The maximum absolute atomic E-state index is 12.8. The van der Waals surface area contributed by atoms with Gasteiger partial charge in [-0.3, -0.25) is 14.9 Å². The number of benzene rings is 2. The quantitative estimate of drug-likeness (QED) is 0.273. The summed E-state index contributed by atoms with van der Waals surface area (Å²) in [7, 11) is 0. The first kappa shape index (κ1) is 22.8. The highest BCUT2D eigenvalue weighted by Gasteiger charge is 2.25. The lowest BCUT2D eigenvalue weighted by molar-refractivity contribution is -0.384. The van der Waals surface area contributed by atoms with Crippen LogP contribution in [0.4, 0.5) is 20.2 Å². The minimum absolute atomic E-state index is 0.0710. The van der Waals surface area contributed by atoms with Crippen LogP contribution in [0, 0.1) is 10.1 Å². The first-order valence-corrected chi connectivity index (χ1v) is 9.48.